The first-order chi connectivity index (χ1) is 10.7. The molecule has 0 fully saturated rings. The standard InChI is InChI=1S/C16H15FN4O/c1-11-9-15(18-10-12-5-4-8-22-12)21-16(19-11)20-14-7-3-2-6-13(14)17/h2-9H,10H2,1H3,(H2,18,19,20,21). The summed E-state index contributed by atoms with van der Waals surface area (Å²) in [6.45, 7) is 2.37. The van der Waals surface area contributed by atoms with Crippen molar-refractivity contribution in [3.05, 3.63) is 66.0 Å². The van der Waals surface area contributed by atoms with Crippen LogP contribution in [-0.2, 0) is 6.54 Å². The van der Waals surface area contributed by atoms with Crippen molar-refractivity contribution in [1.82, 2.24) is 9.97 Å². The number of rotatable bonds is 5. The van der Waals surface area contributed by atoms with Gasteiger partial charge >= 0.3 is 0 Å². The predicted octanol–water partition coefficient (Wildman–Crippen LogP) is 3.87. The van der Waals surface area contributed by atoms with E-state index in [0.29, 0.717) is 24.0 Å². The number of para-hydroxylation sites is 1. The highest BCUT2D eigenvalue weighted by molar-refractivity contribution is 5.55. The molecule has 0 saturated carbocycles. The molecule has 0 saturated heterocycles. The lowest BCUT2D eigenvalue weighted by molar-refractivity contribution is 0.518. The first-order valence-corrected chi connectivity index (χ1v) is 6.84. The lowest BCUT2D eigenvalue weighted by atomic mass is 10.3. The van der Waals surface area contributed by atoms with Crippen LogP contribution < -0.4 is 10.6 Å². The molecule has 3 rings (SSSR count). The van der Waals surface area contributed by atoms with E-state index >= 15 is 0 Å². The topological polar surface area (TPSA) is 63.0 Å². The summed E-state index contributed by atoms with van der Waals surface area (Å²) in [5.41, 5.74) is 1.11. The fourth-order valence-corrected chi connectivity index (χ4v) is 1.99. The van der Waals surface area contributed by atoms with Crippen LogP contribution in [0.4, 0.5) is 21.8 Å². The van der Waals surface area contributed by atoms with Crippen LogP contribution in [0.3, 0.4) is 0 Å². The number of nitrogens with one attached hydrogen (secondary N) is 2. The van der Waals surface area contributed by atoms with Crippen LogP contribution in [0.2, 0.25) is 0 Å². The molecule has 0 aliphatic heterocycles. The monoisotopic (exact) mass is 298 g/mol. The molecule has 0 aliphatic rings. The first kappa shape index (κ1) is 14.1. The van der Waals surface area contributed by atoms with E-state index in [0.717, 1.165) is 11.5 Å². The fourth-order valence-electron chi connectivity index (χ4n) is 1.99. The number of hydrogen-bond acceptors (Lipinski definition) is 5. The first-order valence-electron chi connectivity index (χ1n) is 6.84. The van der Waals surface area contributed by atoms with Gasteiger partial charge in [0.25, 0.3) is 0 Å². The molecular weight excluding hydrogens is 283 g/mol. The minimum atomic E-state index is -0.349. The van der Waals surface area contributed by atoms with Gasteiger partial charge in [-0.2, -0.15) is 4.98 Å². The van der Waals surface area contributed by atoms with E-state index in [9.17, 15) is 4.39 Å². The summed E-state index contributed by atoms with van der Waals surface area (Å²) in [4.78, 5) is 8.59. The van der Waals surface area contributed by atoms with Crippen molar-refractivity contribution in [3.8, 4) is 0 Å². The van der Waals surface area contributed by atoms with Crippen LogP contribution >= 0.6 is 0 Å². The molecule has 0 spiro atoms. The highest BCUT2D eigenvalue weighted by Crippen LogP contribution is 2.18. The number of hydrogen-bond donors (Lipinski definition) is 2. The largest absolute Gasteiger partial charge is 0.467 e. The minimum absolute atomic E-state index is 0.338. The molecule has 0 bridgehead atoms. The van der Waals surface area contributed by atoms with Crippen molar-refractivity contribution in [1.29, 1.82) is 0 Å². The zero-order chi connectivity index (χ0) is 15.4. The summed E-state index contributed by atoms with van der Waals surface area (Å²) >= 11 is 0. The molecule has 6 heteroatoms. The van der Waals surface area contributed by atoms with Crippen LogP contribution in [0.5, 0.6) is 0 Å². The third-order valence-corrected chi connectivity index (χ3v) is 3.00. The SMILES string of the molecule is Cc1cc(NCc2ccco2)nc(Nc2ccccc2F)n1. The van der Waals surface area contributed by atoms with Crippen molar-refractivity contribution in [2.45, 2.75) is 13.5 Å². The van der Waals surface area contributed by atoms with Crippen molar-refractivity contribution in [2.75, 3.05) is 10.6 Å². The molecule has 2 aromatic heterocycles. The van der Waals surface area contributed by atoms with Gasteiger partial charge in [-0.15, -0.1) is 0 Å². The summed E-state index contributed by atoms with van der Waals surface area (Å²) in [5, 5.41) is 6.04. The molecule has 1 aromatic carbocycles. The van der Waals surface area contributed by atoms with Crippen molar-refractivity contribution >= 4 is 17.5 Å². The smallest absolute Gasteiger partial charge is 0.229 e. The third kappa shape index (κ3) is 3.41. The Morgan fingerprint density at radius 2 is 2.00 bits per heavy atom. The second-order valence-corrected chi connectivity index (χ2v) is 4.76. The number of furan rings is 1. The van der Waals surface area contributed by atoms with E-state index in [4.69, 9.17) is 4.42 Å². The van der Waals surface area contributed by atoms with Crippen molar-refractivity contribution in [3.63, 3.8) is 0 Å². The van der Waals surface area contributed by atoms with Gasteiger partial charge in [0.05, 0.1) is 18.5 Å². The number of aryl methyl sites for hydroxylation is 1. The van der Waals surface area contributed by atoms with Gasteiger partial charge in [0, 0.05) is 11.8 Å². The highest BCUT2D eigenvalue weighted by Gasteiger charge is 2.06. The van der Waals surface area contributed by atoms with Crippen molar-refractivity contribution in [2.24, 2.45) is 0 Å². The summed E-state index contributed by atoms with van der Waals surface area (Å²) in [6, 6.07) is 11.9. The van der Waals surface area contributed by atoms with Gasteiger partial charge in [0.1, 0.15) is 17.4 Å². The predicted molar refractivity (Wildman–Crippen MR) is 82.5 cm³/mol. The Bertz CT molecular complexity index is 759. The van der Waals surface area contributed by atoms with Gasteiger partial charge in [-0.05, 0) is 31.2 Å². The molecule has 3 aromatic rings. The molecule has 5 nitrogen and oxygen atoms in total. The van der Waals surface area contributed by atoms with Crippen LogP contribution in [-0.4, -0.2) is 9.97 Å². The maximum Gasteiger partial charge on any atom is 0.229 e. The van der Waals surface area contributed by atoms with Gasteiger partial charge in [-0.3, -0.25) is 0 Å². The summed E-state index contributed by atoms with van der Waals surface area (Å²) in [6.07, 6.45) is 1.62. The number of aromatic nitrogens is 2. The number of benzene rings is 1. The van der Waals surface area contributed by atoms with E-state index in [2.05, 4.69) is 20.6 Å². The van der Waals surface area contributed by atoms with Gasteiger partial charge in [0.15, 0.2) is 0 Å². The van der Waals surface area contributed by atoms with Crippen LogP contribution in [0.15, 0.2) is 53.1 Å². The van der Waals surface area contributed by atoms with E-state index in [1.54, 1.807) is 24.5 Å². The molecular formula is C16H15FN4O. The number of nitrogens with zero attached hydrogens (tertiary/aromatic N) is 2. The summed E-state index contributed by atoms with van der Waals surface area (Å²) in [5.74, 6) is 1.44. The number of anilines is 3. The second-order valence-electron chi connectivity index (χ2n) is 4.76. The van der Waals surface area contributed by atoms with Gasteiger partial charge in [-0.25, -0.2) is 9.37 Å². The molecule has 2 N–H and O–H groups in total. The van der Waals surface area contributed by atoms with Crippen LogP contribution in [0, 0.1) is 12.7 Å². The Balaban J connectivity index is 1.76. The quantitative estimate of drug-likeness (QED) is 0.748. The molecule has 112 valence electrons. The minimum Gasteiger partial charge on any atom is -0.467 e. The van der Waals surface area contributed by atoms with Crippen LogP contribution in [0.1, 0.15) is 11.5 Å². The Labute approximate surface area is 127 Å². The van der Waals surface area contributed by atoms with E-state index in [1.165, 1.54) is 6.07 Å². The Morgan fingerprint density at radius 3 is 2.77 bits per heavy atom. The molecule has 2 heterocycles. The lowest BCUT2D eigenvalue weighted by Gasteiger charge is -2.09. The molecule has 22 heavy (non-hydrogen) atoms. The molecule has 0 amide bonds. The fraction of sp³-hybridized carbons (Fsp3) is 0.125. The molecule has 0 unspecified atom stereocenters. The van der Waals surface area contributed by atoms with Crippen LogP contribution in [0.25, 0.3) is 0 Å². The molecule has 0 aliphatic carbocycles. The average molecular weight is 298 g/mol. The average Bonchev–Trinajstić information content (AvgIpc) is 3.00. The Hall–Kier alpha value is -2.89. The summed E-state index contributed by atoms with van der Waals surface area (Å²) < 4.78 is 18.9. The Kier molecular flexibility index (Phi) is 4.00. The van der Waals surface area contributed by atoms with Gasteiger partial charge < -0.3 is 15.1 Å². The molecule has 0 atom stereocenters. The van der Waals surface area contributed by atoms with E-state index in [1.807, 2.05) is 25.1 Å². The lowest BCUT2D eigenvalue weighted by Crippen LogP contribution is -2.05. The van der Waals surface area contributed by atoms with Gasteiger partial charge in [0.2, 0.25) is 5.95 Å². The third-order valence-electron chi connectivity index (χ3n) is 3.00. The summed E-state index contributed by atoms with van der Waals surface area (Å²) in [7, 11) is 0. The second kappa shape index (κ2) is 6.26. The Morgan fingerprint density at radius 1 is 1.14 bits per heavy atom. The van der Waals surface area contributed by atoms with E-state index in [-0.39, 0.29) is 5.82 Å². The zero-order valence-electron chi connectivity index (χ0n) is 12.0. The van der Waals surface area contributed by atoms with Crippen molar-refractivity contribution < 1.29 is 8.81 Å². The highest BCUT2D eigenvalue weighted by atomic mass is 19.1. The maximum atomic E-state index is 13.7. The normalized spacial score (nSPS) is 10.5. The van der Waals surface area contributed by atoms with Gasteiger partial charge in [-0.1, -0.05) is 12.1 Å². The number of halogens is 1. The molecule has 0 radical (unpaired) electrons. The zero-order valence-corrected chi connectivity index (χ0v) is 12.0. The van der Waals surface area contributed by atoms with E-state index < -0.39 is 0 Å². The maximum absolute atomic E-state index is 13.7.